The molecular formula is C11H19N2O+. The van der Waals surface area contributed by atoms with E-state index in [1.165, 1.54) is 5.69 Å². The maximum Gasteiger partial charge on any atom is 0.259 e. The van der Waals surface area contributed by atoms with Crippen molar-refractivity contribution < 1.29 is 9.30 Å². The molecule has 0 aliphatic rings. The zero-order valence-electron chi connectivity index (χ0n) is 9.40. The summed E-state index contributed by atoms with van der Waals surface area (Å²) in [6.45, 7) is 4.79. The topological polar surface area (TPSA) is 16.4 Å². The van der Waals surface area contributed by atoms with Crippen molar-refractivity contribution in [2.45, 2.75) is 20.1 Å². The van der Waals surface area contributed by atoms with Crippen LogP contribution in [-0.2, 0) is 4.74 Å². The summed E-state index contributed by atoms with van der Waals surface area (Å²) in [7, 11) is 4.07. The van der Waals surface area contributed by atoms with Gasteiger partial charge in [0.1, 0.15) is 0 Å². The van der Waals surface area contributed by atoms with Crippen molar-refractivity contribution in [3.63, 3.8) is 0 Å². The minimum absolute atomic E-state index is 0.108. The molecule has 0 bridgehead atoms. The Labute approximate surface area is 85.9 Å². The van der Waals surface area contributed by atoms with Crippen LogP contribution in [0.5, 0.6) is 0 Å². The molecule has 1 unspecified atom stereocenters. The van der Waals surface area contributed by atoms with Gasteiger partial charge in [-0.15, -0.1) is 0 Å². The van der Waals surface area contributed by atoms with Crippen LogP contribution in [0.1, 0.15) is 20.1 Å². The lowest BCUT2D eigenvalue weighted by atomic mass is 10.4. The van der Waals surface area contributed by atoms with Crippen molar-refractivity contribution in [2.24, 2.45) is 0 Å². The predicted molar refractivity (Wildman–Crippen MR) is 57.3 cm³/mol. The molecule has 78 valence electrons. The van der Waals surface area contributed by atoms with Gasteiger partial charge < -0.3 is 9.64 Å². The van der Waals surface area contributed by atoms with Gasteiger partial charge in [-0.25, -0.2) is 0 Å². The van der Waals surface area contributed by atoms with Gasteiger partial charge in [-0.2, -0.15) is 4.57 Å². The molecule has 0 aliphatic heterocycles. The second-order valence-corrected chi connectivity index (χ2v) is 3.45. The number of rotatable bonds is 4. The smallest absolute Gasteiger partial charge is 0.259 e. The average molecular weight is 195 g/mol. The molecular weight excluding hydrogens is 176 g/mol. The number of nitrogens with zero attached hydrogens (tertiary/aromatic N) is 2. The van der Waals surface area contributed by atoms with Crippen LogP contribution in [0.25, 0.3) is 0 Å². The van der Waals surface area contributed by atoms with Crippen LogP contribution in [0.3, 0.4) is 0 Å². The average Bonchev–Trinajstić information content (AvgIpc) is 2.18. The summed E-state index contributed by atoms with van der Waals surface area (Å²) < 4.78 is 7.53. The monoisotopic (exact) mass is 195 g/mol. The quantitative estimate of drug-likeness (QED) is 0.678. The lowest BCUT2D eigenvalue weighted by Gasteiger charge is -2.12. The fourth-order valence-electron chi connectivity index (χ4n) is 1.30. The van der Waals surface area contributed by atoms with Crippen LogP contribution in [0.4, 0.5) is 5.69 Å². The van der Waals surface area contributed by atoms with Gasteiger partial charge in [0.05, 0.1) is 6.61 Å². The third-order valence-corrected chi connectivity index (χ3v) is 2.18. The molecule has 14 heavy (non-hydrogen) atoms. The van der Waals surface area contributed by atoms with Crippen molar-refractivity contribution >= 4 is 5.69 Å². The van der Waals surface area contributed by atoms with Gasteiger partial charge in [-0.1, -0.05) is 0 Å². The first-order chi connectivity index (χ1) is 6.65. The highest BCUT2D eigenvalue weighted by molar-refractivity contribution is 5.41. The summed E-state index contributed by atoms with van der Waals surface area (Å²) in [6, 6.07) is 4.16. The second-order valence-electron chi connectivity index (χ2n) is 3.45. The van der Waals surface area contributed by atoms with E-state index in [2.05, 4.69) is 21.6 Å². The molecule has 1 aromatic rings. The lowest BCUT2D eigenvalue weighted by Crippen LogP contribution is -2.38. The van der Waals surface area contributed by atoms with Crippen molar-refractivity contribution in [2.75, 3.05) is 25.6 Å². The highest BCUT2D eigenvalue weighted by atomic mass is 16.5. The van der Waals surface area contributed by atoms with E-state index >= 15 is 0 Å². The molecule has 0 saturated heterocycles. The van der Waals surface area contributed by atoms with Gasteiger partial charge in [-0.05, 0) is 6.92 Å². The summed E-state index contributed by atoms with van der Waals surface area (Å²) in [4.78, 5) is 2.08. The fraction of sp³-hybridized carbons (Fsp3) is 0.545. The Morgan fingerprint density at radius 1 is 1.36 bits per heavy atom. The van der Waals surface area contributed by atoms with E-state index in [1.807, 2.05) is 40.3 Å². The van der Waals surface area contributed by atoms with Crippen LogP contribution < -0.4 is 9.47 Å². The van der Waals surface area contributed by atoms with E-state index in [1.54, 1.807) is 0 Å². The maximum atomic E-state index is 5.48. The zero-order chi connectivity index (χ0) is 10.6. The molecule has 3 heteroatoms. The van der Waals surface area contributed by atoms with Gasteiger partial charge in [0, 0.05) is 38.8 Å². The van der Waals surface area contributed by atoms with Gasteiger partial charge in [0.25, 0.3) is 6.23 Å². The zero-order valence-corrected chi connectivity index (χ0v) is 9.40. The molecule has 0 aliphatic carbocycles. The van der Waals surface area contributed by atoms with Crippen LogP contribution in [0.15, 0.2) is 24.5 Å². The second kappa shape index (κ2) is 4.96. The van der Waals surface area contributed by atoms with Crippen molar-refractivity contribution in [3.05, 3.63) is 24.5 Å². The molecule has 1 atom stereocenters. The molecule has 0 aromatic carbocycles. The van der Waals surface area contributed by atoms with Crippen molar-refractivity contribution in [1.82, 2.24) is 0 Å². The molecule has 0 N–H and O–H groups in total. The van der Waals surface area contributed by atoms with Gasteiger partial charge >= 0.3 is 0 Å². The molecule has 1 aromatic heterocycles. The highest BCUT2D eigenvalue weighted by Crippen LogP contribution is 2.07. The summed E-state index contributed by atoms with van der Waals surface area (Å²) in [5, 5.41) is 0. The number of anilines is 1. The van der Waals surface area contributed by atoms with Crippen LogP contribution >= 0.6 is 0 Å². The van der Waals surface area contributed by atoms with E-state index in [-0.39, 0.29) is 6.23 Å². The first-order valence-corrected chi connectivity index (χ1v) is 4.95. The maximum absolute atomic E-state index is 5.48. The predicted octanol–water partition coefficient (Wildman–Crippen LogP) is 1.60. The minimum atomic E-state index is 0.108. The van der Waals surface area contributed by atoms with Crippen molar-refractivity contribution in [3.8, 4) is 0 Å². The first-order valence-electron chi connectivity index (χ1n) is 4.95. The number of aromatic nitrogens is 1. The summed E-state index contributed by atoms with van der Waals surface area (Å²) in [5.74, 6) is 0. The Bertz CT molecular complexity index is 269. The van der Waals surface area contributed by atoms with Gasteiger partial charge in [0.2, 0.25) is 0 Å². The van der Waals surface area contributed by atoms with E-state index < -0.39 is 0 Å². The molecule has 0 radical (unpaired) electrons. The lowest BCUT2D eigenvalue weighted by molar-refractivity contribution is -0.758. The minimum Gasteiger partial charge on any atom is -0.377 e. The normalized spacial score (nSPS) is 12.6. The Morgan fingerprint density at radius 3 is 2.36 bits per heavy atom. The van der Waals surface area contributed by atoms with E-state index in [4.69, 9.17) is 4.74 Å². The van der Waals surface area contributed by atoms with Gasteiger partial charge in [0.15, 0.2) is 12.4 Å². The Balaban J connectivity index is 2.72. The molecule has 0 saturated carbocycles. The SMILES string of the molecule is CCOC(C)[n+]1ccc(N(C)C)cc1. The van der Waals surface area contributed by atoms with Crippen LogP contribution in [0.2, 0.25) is 0 Å². The highest BCUT2D eigenvalue weighted by Gasteiger charge is 2.10. The van der Waals surface area contributed by atoms with E-state index in [0.29, 0.717) is 0 Å². The number of pyridine rings is 1. The number of hydrogen-bond acceptors (Lipinski definition) is 2. The number of hydrogen-bond donors (Lipinski definition) is 0. The molecule has 0 fully saturated rings. The Kier molecular flexibility index (Phi) is 3.89. The fourth-order valence-corrected chi connectivity index (χ4v) is 1.30. The third-order valence-electron chi connectivity index (χ3n) is 2.18. The largest absolute Gasteiger partial charge is 0.377 e. The Morgan fingerprint density at radius 2 is 1.93 bits per heavy atom. The summed E-state index contributed by atoms with van der Waals surface area (Å²) in [6.07, 6.45) is 4.18. The van der Waals surface area contributed by atoms with Crippen LogP contribution in [-0.4, -0.2) is 20.7 Å². The molecule has 1 heterocycles. The molecule has 0 amide bonds. The molecule has 1 rings (SSSR count). The number of ether oxygens (including phenoxy) is 1. The molecule has 3 nitrogen and oxygen atoms in total. The van der Waals surface area contributed by atoms with Gasteiger partial charge in [-0.3, -0.25) is 0 Å². The summed E-state index contributed by atoms with van der Waals surface area (Å²) >= 11 is 0. The van der Waals surface area contributed by atoms with Crippen LogP contribution in [0, 0.1) is 0 Å². The third kappa shape index (κ3) is 2.70. The molecule has 0 spiro atoms. The van der Waals surface area contributed by atoms with E-state index in [9.17, 15) is 0 Å². The van der Waals surface area contributed by atoms with Crippen molar-refractivity contribution in [1.29, 1.82) is 0 Å². The standard InChI is InChI=1S/C11H19N2O/c1-5-14-10(2)13-8-6-11(7-9-13)12(3)4/h6-10H,5H2,1-4H3/q+1. The Hall–Kier alpha value is -1.09. The summed E-state index contributed by atoms with van der Waals surface area (Å²) in [5.41, 5.74) is 1.20. The van der Waals surface area contributed by atoms with E-state index in [0.717, 1.165) is 6.61 Å². The first kappa shape index (κ1) is 11.0.